The Morgan fingerprint density at radius 3 is 2.89 bits per heavy atom. The van der Waals surface area contributed by atoms with E-state index in [-0.39, 0.29) is 0 Å². The summed E-state index contributed by atoms with van der Waals surface area (Å²) >= 11 is 1.60. The number of aromatic nitrogens is 2. The van der Waals surface area contributed by atoms with Gasteiger partial charge in [0.1, 0.15) is 11.5 Å². The molecule has 0 fully saturated rings. The molecule has 0 saturated heterocycles. The predicted molar refractivity (Wildman–Crippen MR) is 71.6 cm³/mol. The van der Waals surface area contributed by atoms with Gasteiger partial charge in [-0.05, 0) is 18.2 Å². The van der Waals surface area contributed by atoms with Crippen LogP contribution >= 0.6 is 11.3 Å². The van der Waals surface area contributed by atoms with Crippen molar-refractivity contribution in [3.05, 3.63) is 36.0 Å². The van der Waals surface area contributed by atoms with Crippen LogP contribution in [0.25, 0.3) is 16.2 Å². The van der Waals surface area contributed by atoms with Crippen molar-refractivity contribution >= 4 is 16.3 Å². The average molecular weight is 260 g/mol. The van der Waals surface area contributed by atoms with E-state index in [0.29, 0.717) is 0 Å². The van der Waals surface area contributed by atoms with Crippen LogP contribution in [-0.4, -0.2) is 23.6 Å². The standard InChI is InChI=1S/C13H12N2O2S/c1-16-9-3-4-12(17-2)10(7-9)11-8-18-13-14-5-6-15(11)13/h3-8H,1-2H3. The molecule has 4 nitrogen and oxygen atoms in total. The van der Waals surface area contributed by atoms with Crippen molar-refractivity contribution in [3.63, 3.8) is 0 Å². The maximum Gasteiger partial charge on any atom is 0.194 e. The predicted octanol–water partition coefficient (Wildman–Crippen LogP) is 3.08. The zero-order valence-electron chi connectivity index (χ0n) is 10.1. The zero-order valence-corrected chi connectivity index (χ0v) is 10.9. The first-order valence-corrected chi connectivity index (χ1v) is 6.34. The molecule has 5 heteroatoms. The molecule has 0 spiro atoms. The van der Waals surface area contributed by atoms with Gasteiger partial charge in [-0.15, -0.1) is 11.3 Å². The molecular weight excluding hydrogens is 248 g/mol. The molecule has 0 aliphatic heterocycles. The smallest absolute Gasteiger partial charge is 0.194 e. The summed E-state index contributed by atoms with van der Waals surface area (Å²) in [5, 5.41) is 2.07. The highest BCUT2D eigenvalue weighted by atomic mass is 32.1. The zero-order chi connectivity index (χ0) is 12.5. The fraction of sp³-hybridized carbons (Fsp3) is 0.154. The molecule has 0 atom stereocenters. The summed E-state index contributed by atoms with van der Waals surface area (Å²) < 4.78 is 12.7. The molecule has 0 amide bonds. The van der Waals surface area contributed by atoms with E-state index in [1.165, 1.54) is 0 Å². The van der Waals surface area contributed by atoms with Crippen molar-refractivity contribution in [2.45, 2.75) is 0 Å². The molecule has 0 bridgehead atoms. The van der Waals surface area contributed by atoms with Gasteiger partial charge in [0, 0.05) is 23.3 Å². The Hall–Kier alpha value is -2.01. The number of nitrogens with zero attached hydrogens (tertiary/aromatic N) is 2. The quantitative estimate of drug-likeness (QED) is 0.726. The van der Waals surface area contributed by atoms with Crippen molar-refractivity contribution in [3.8, 4) is 22.8 Å². The summed E-state index contributed by atoms with van der Waals surface area (Å²) in [6.45, 7) is 0. The summed E-state index contributed by atoms with van der Waals surface area (Å²) in [7, 11) is 3.33. The summed E-state index contributed by atoms with van der Waals surface area (Å²) in [6, 6.07) is 5.77. The highest BCUT2D eigenvalue weighted by molar-refractivity contribution is 7.15. The molecule has 1 aromatic carbocycles. The van der Waals surface area contributed by atoms with E-state index in [0.717, 1.165) is 27.7 Å². The molecule has 3 aromatic rings. The third kappa shape index (κ3) is 1.64. The number of imidazole rings is 1. The fourth-order valence-electron chi connectivity index (χ4n) is 1.93. The maximum atomic E-state index is 5.41. The monoisotopic (exact) mass is 260 g/mol. The summed E-state index contributed by atoms with van der Waals surface area (Å²) in [6.07, 6.45) is 3.74. The van der Waals surface area contributed by atoms with Gasteiger partial charge in [0.05, 0.1) is 19.9 Å². The minimum Gasteiger partial charge on any atom is -0.497 e. The lowest BCUT2D eigenvalue weighted by molar-refractivity contribution is 0.404. The van der Waals surface area contributed by atoms with Gasteiger partial charge in [-0.25, -0.2) is 4.98 Å². The Balaban J connectivity index is 2.24. The largest absolute Gasteiger partial charge is 0.497 e. The van der Waals surface area contributed by atoms with Gasteiger partial charge < -0.3 is 9.47 Å². The molecule has 0 N–H and O–H groups in total. The van der Waals surface area contributed by atoms with Gasteiger partial charge >= 0.3 is 0 Å². The van der Waals surface area contributed by atoms with Crippen LogP contribution in [0.15, 0.2) is 36.0 Å². The number of fused-ring (bicyclic) bond motifs is 1. The Morgan fingerprint density at radius 2 is 2.11 bits per heavy atom. The molecule has 0 aliphatic rings. The lowest BCUT2D eigenvalue weighted by atomic mass is 10.1. The van der Waals surface area contributed by atoms with Crippen molar-refractivity contribution < 1.29 is 9.47 Å². The van der Waals surface area contributed by atoms with Crippen LogP contribution in [0, 0.1) is 0 Å². The average Bonchev–Trinajstić information content (AvgIpc) is 3.00. The summed E-state index contributed by atoms with van der Waals surface area (Å²) in [5.74, 6) is 1.63. The highest BCUT2D eigenvalue weighted by Gasteiger charge is 2.12. The Labute approximate surface area is 108 Å². The molecule has 0 saturated carbocycles. The number of rotatable bonds is 3. The van der Waals surface area contributed by atoms with Crippen LogP contribution in [0.4, 0.5) is 0 Å². The highest BCUT2D eigenvalue weighted by Crippen LogP contribution is 2.35. The van der Waals surface area contributed by atoms with Gasteiger partial charge in [0.2, 0.25) is 0 Å². The van der Waals surface area contributed by atoms with Crippen LogP contribution in [0.3, 0.4) is 0 Å². The molecule has 2 heterocycles. The second-order valence-electron chi connectivity index (χ2n) is 3.77. The van der Waals surface area contributed by atoms with Crippen LogP contribution in [0.1, 0.15) is 0 Å². The van der Waals surface area contributed by atoms with Gasteiger partial charge in [-0.3, -0.25) is 4.40 Å². The lowest BCUT2D eigenvalue weighted by Gasteiger charge is -2.09. The second kappa shape index (κ2) is 4.34. The van der Waals surface area contributed by atoms with Crippen molar-refractivity contribution in [1.82, 2.24) is 9.38 Å². The number of methoxy groups -OCH3 is 2. The third-order valence-electron chi connectivity index (χ3n) is 2.82. The van der Waals surface area contributed by atoms with Crippen molar-refractivity contribution in [2.75, 3.05) is 14.2 Å². The number of ether oxygens (including phenoxy) is 2. The number of hydrogen-bond donors (Lipinski definition) is 0. The number of hydrogen-bond acceptors (Lipinski definition) is 4. The van der Waals surface area contributed by atoms with E-state index in [4.69, 9.17) is 9.47 Å². The maximum absolute atomic E-state index is 5.41. The van der Waals surface area contributed by atoms with Gasteiger partial charge in [0.25, 0.3) is 0 Å². The van der Waals surface area contributed by atoms with Crippen LogP contribution in [0.2, 0.25) is 0 Å². The van der Waals surface area contributed by atoms with Crippen LogP contribution in [0.5, 0.6) is 11.5 Å². The fourth-order valence-corrected chi connectivity index (χ4v) is 2.79. The molecule has 0 aliphatic carbocycles. The van der Waals surface area contributed by atoms with Crippen LogP contribution < -0.4 is 9.47 Å². The van der Waals surface area contributed by atoms with Gasteiger partial charge in [-0.1, -0.05) is 0 Å². The summed E-state index contributed by atoms with van der Waals surface area (Å²) in [5.41, 5.74) is 2.06. The first-order chi connectivity index (χ1) is 8.83. The Bertz CT molecular complexity index is 687. The van der Waals surface area contributed by atoms with Gasteiger partial charge in [0.15, 0.2) is 4.96 Å². The third-order valence-corrected chi connectivity index (χ3v) is 3.68. The Morgan fingerprint density at radius 1 is 1.22 bits per heavy atom. The SMILES string of the molecule is COc1ccc(OC)c(-c2csc3nccn23)c1. The summed E-state index contributed by atoms with van der Waals surface area (Å²) in [4.78, 5) is 5.24. The minimum atomic E-state index is 0.810. The molecule has 18 heavy (non-hydrogen) atoms. The Kier molecular flexibility index (Phi) is 2.68. The number of benzene rings is 1. The van der Waals surface area contributed by atoms with E-state index in [9.17, 15) is 0 Å². The lowest BCUT2D eigenvalue weighted by Crippen LogP contribution is -1.92. The minimum absolute atomic E-state index is 0.810. The molecule has 2 aromatic heterocycles. The van der Waals surface area contributed by atoms with E-state index >= 15 is 0 Å². The van der Waals surface area contributed by atoms with E-state index < -0.39 is 0 Å². The van der Waals surface area contributed by atoms with Crippen LogP contribution in [-0.2, 0) is 0 Å². The molecule has 3 rings (SSSR count). The molecule has 0 radical (unpaired) electrons. The molecule has 92 valence electrons. The van der Waals surface area contributed by atoms with E-state index in [2.05, 4.69) is 10.4 Å². The molecular formula is C13H12N2O2S. The normalized spacial score (nSPS) is 10.8. The first kappa shape index (κ1) is 11.1. The topological polar surface area (TPSA) is 35.8 Å². The second-order valence-corrected chi connectivity index (χ2v) is 4.60. The van der Waals surface area contributed by atoms with Crippen molar-refractivity contribution in [1.29, 1.82) is 0 Å². The van der Waals surface area contributed by atoms with Crippen molar-refractivity contribution in [2.24, 2.45) is 0 Å². The first-order valence-electron chi connectivity index (χ1n) is 5.46. The number of thiazole rings is 1. The van der Waals surface area contributed by atoms with Gasteiger partial charge in [-0.2, -0.15) is 0 Å². The van der Waals surface area contributed by atoms with E-state index in [1.54, 1.807) is 31.8 Å². The van der Waals surface area contributed by atoms with E-state index in [1.807, 2.05) is 28.8 Å². The molecule has 0 unspecified atom stereocenters.